The van der Waals surface area contributed by atoms with Crippen LogP contribution in [0.3, 0.4) is 0 Å². The molecule has 0 aliphatic carbocycles. The molecular formula is C20H40HfP-3. The molecule has 0 N–H and O–H groups in total. The maximum atomic E-state index is 2.46. The van der Waals surface area contributed by atoms with Gasteiger partial charge in [-0.25, -0.2) is 12.1 Å². The first-order chi connectivity index (χ1) is 8.40. The van der Waals surface area contributed by atoms with Gasteiger partial charge in [0.05, 0.1) is 0 Å². The first kappa shape index (κ1) is 30.5. The molecule has 1 aromatic rings. The summed E-state index contributed by atoms with van der Waals surface area (Å²) in [4.78, 5) is 0. The van der Waals surface area contributed by atoms with Crippen molar-refractivity contribution < 1.29 is 25.8 Å². The smallest absolute Gasteiger partial charge is 0 e. The van der Waals surface area contributed by atoms with E-state index in [1.54, 1.807) is 0 Å². The quantitative estimate of drug-likeness (QED) is 0.233. The summed E-state index contributed by atoms with van der Waals surface area (Å²) in [5.74, 6) is 0.750. The second-order valence-electron chi connectivity index (χ2n) is 7.94. The van der Waals surface area contributed by atoms with Crippen LogP contribution in [0.15, 0.2) is 30.3 Å². The molecule has 0 aliphatic rings. The molecule has 2 atom stereocenters. The van der Waals surface area contributed by atoms with Crippen molar-refractivity contribution in [3.63, 3.8) is 0 Å². The molecule has 0 aliphatic heterocycles. The Hall–Kier alpha value is 0.650. The zero-order valence-corrected chi connectivity index (χ0v) is 21.6. The van der Waals surface area contributed by atoms with Gasteiger partial charge in [0, 0.05) is 25.8 Å². The van der Waals surface area contributed by atoms with Gasteiger partial charge in [0.1, 0.15) is 0 Å². The van der Waals surface area contributed by atoms with Crippen LogP contribution >= 0.6 is 8.58 Å². The van der Waals surface area contributed by atoms with Gasteiger partial charge in [0.2, 0.25) is 0 Å². The van der Waals surface area contributed by atoms with E-state index in [0.29, 0.717) is 15.7 Å². The molecule has 0 aromatic heterocycles. The van der Waals surface area contributed by atoms with E-state index in [-0.39, 0.29) is 40.7 Å². The SMILES string of the molecule is CC(C)C(C)(PC(C)(C)C)C(C)(C)C.[CH3-].[CH3-].[Hf].c1cc[cH-]c1. The summed E-state index contributed by atoms with van der Waals surface area (Å²) in [7, 11) is 1.02. The van der Waals surface area contributed by atoms with Crippen LogP contribution in [-0.4, -0.2) is 10.3 Å². The molecule has 0 heterocycles. The third kappa shape index (κ3) is 11.2. The molecule has 2 heteroatoms. The van der Waals surface area contributed by atoms with Crippen LogP contribution < -0.4 is 0 Å². The van der Waals surface area contributed by atoms with E-state index >= 15 is 0 Å². The Kier molecular flexibility index (Phi) is 16.8. The molecule has 1 rings (SSSR count). The Bertz CT molecular complexity index is 310. The predicted molar refractivity (Wildman–Crippen MR) is 106 cm³/mol. The maximum absolute atomic E-state index is 2.46. The predicted octanol–water partition coefficient (Wildman–Crippen LogP) is 7.23. The van der Waals surface area contributed by atoms with Crippen LogP contribution in [0.4, 0.5) is 0 Å². The second kappa shape index (κ2) is 12.1. The fraction of sp³-hybridized carbons (Fsp3) is 0.650. The molecule has 0 bridgehead atoms. The minimum Gasteiger partial charge on any atom is -0.358 e. The summed E-state index contributed by atoms with van der Waals surface area (Å²) in [6.45, 7) is 21.4. The number of hydrogen-bond acceptors (Lipinski definition) is 0. The van der Waals surface area contributed by atoms with Gasteiger partial charge in [-0.3, -0.25) is 0 Å². The van der Waals surface area contributed by atoms with Gasteiger partial charge in [0.25, 0.3) is 0 Å². The molecule has 0 saturated heterocycles. The van der Waals surface area contributed by atoms with Crippen LogP contribution in [0.25, 0.3) is 0 Å². The summed E-state index contributed by atoms with van der Waals surface area (Å²) >= 11 is 0. The fourth-order valence-corrected chi connectivity index (χ4v) is 4.52. The van der Waals surface area contributed by atoms with E-state index in [1.807, 2.05) is 30.3 Å². The van der Waals surface area contributed by atoms with E-state index in [9.17, 15) is 0 Å². The van der Waals surface area contributed by atoms with Crippen molar-refractivity contribution in [1.29, 1.82) is 0 Å². The van der Waals surface area contributed by atoms with Crippen LogP contribution in [-0.2, 0) is 25.8 Å². The summed E-state index contributed by atoms with van der Waals surface area (Å²) < 4.78 is 0. The molecule has 132 valence electrons. The molecule has 22 heavy (non-hydrogen) atoms. The first-order valence-electron chi connectivity index (χ1n) is 7.36. The zero-order chi connectivity index (χ0) is 15.3. The third-order valence-corrected chi connectivity index (χ3v) is 6.50. The molecule has 0 saturated carbocycles. The standard InChI is InChI=1S/C13H29P.C5H5.2CH3.Hf/c1-10(2)13(9,11(3,4)5)14-12(6,7)8;1-2-4-5-3-1;;;/h10,14H,1-9H3;1-5H;2*1H3;/q;3*-1;. The fourth-order valence-electron chi connectivity index (χ4n) is 2.30. The van der Waals surface area contributed by atoms with E-state index < -0.39 is 0 Å². The van der Waals surface area contributed by atoms with Crippen molar-refractivity contribution in [1.82, 2.24) is 0 Å². The van der Waals surface area contributed by atoms with Crippen molar-refractivity contribution in [2.45, 2.75) is 72.6 Å². The molecule has 1 aromatic carbocycles. The van der Waals surface area contributed by atoms with Gasteiger partial charge in [-0.05, 0) is 21.6 Å². The van der Waals surface area contributed by atoms with Gasteiger partial charge < -0.3 is 14.9 Å². The van der Waals surface area contributed by atoms with Crippen molar-refractivity contribution in [3.05, 3.63) is 45.2 Å². The summed E-state index contributed by atoms with van der Waals surface area (Å²) in [6, 6.07) is 10.0. The zero-order valence-electron chi connectivity index (χ0n) is 17.0. The summed E-state index contributed by atoms with van der Waals surface area (Å²) in [6.07, 6.45) is 0. The first-order valence-corrected chi connectivity index (χ1v) is 8.36. The van der Waals surface area contributed by atoms with Crippen molar-refractivity contribution in [2.75, 3.05) is 0 Å². The Morgan fingerprint density at radius 2 is 1.18 bits per heavy atom. The van der Waals surface area contributed by atoms with Gasteiger partial charge in [-0.1, -0.05) is 62.3 Å². The average Bonchev–Trinajstić information content (AvgIpc) is 2.69. The third-order valence-electron chi connectivity index (χ3n) is 3.90. The van der Waals surface area contributed by atoms with E-state index in [2.05, 4.69) is 62.3 Å². The van der Waals surface area contributed by atoms with Gasteiger partial charge >= 0.3 is 0 Å². The van der Waals surface area contributed by atoms with Crippen LogP contribution in [0, 0.1) is 26.2 Å². The molecule has 0 spiro atoms. The summed E-state index contributed by atoms with van der Waals surface area (Å²) in [5.41, 5.74) is 0.396. The molecule has 0 fully saturated rings. The van der Waals surface area contributed by atoms with Gasteiger partial charge in [-0.2, -0.15) is 18.2 Å². The second-order valence-corrected chi connectivity index (χ2v) is 10.7. The normalized spacial score (nSPS) is 14.1. The molecule has 0 radical (unpaired) electrons. The molecular weight excluding hydrogens is 450 g/mol. The van der Waals surface area contributed by atoms with Gasteiger partial charge in [0.15, 0.2) is 0 Å². The van der Waals surface area contributed by atoms with E-state index in [4.69, 9.17) is 0 Å². The Morgan fingerprint density at radius 1 is 0.818 bits per heavy atom. The monoisotopic (exact) mass is 491 g/mol. The minimum atomic E-state index is 0. The van der Waals surface area contributed by atoms with Crippen molar-refractivity contribution >= 4 is 8.58 Å². The molecule has 0 nitrogen and oxygen atoms in total. The Balaban J connectivity index is -0.000000173. The number of hydrogen-bond donors (Lipinski definition) is 0. The van der Waals surface area contributed by atoms with Crippen LogP contribution in [0.5, 0.6) is 0 Å². The minimum absolute atomic E-state index is 0. The number of rotatable bonds is 2. The Morgan fingerprint density at radius 3 is 1.27 bits per heavy atom. The largest absolute Gasteiger partial charge is 0.358 e. The van der Waals surface area contributed by atoms with Crippen LogP contribution in [0.1, 0.15) is 62.3 Å². The summed E-state index contributed by atoms with van der Waals surface area (Å²) in [5, 5.41) is 0.900. The molecule has 2 unspecified atom stereocenters. The topological polar surface area (TPSA) is 0 Å². The van der Waals surface area contributed by atoms with Crippen molar-refractivity contribution in [3.8, 4) is 0 Å². The van der Waals surface area contributed by atoms with E-state index in [0.717, 1.165) is 14.5 Å². The van der Waals surface area contributed by atoms with Crippen molar-refractivity contribution in [2.24, 2.45) is 11.3 Å². The van der Waals surface area contributed by atoms with Gasteiger partial charge in [-0.15, -0.1) is 8.58 Å². The average molecular weight is 490 g/mol. The maximum Gasteiger partial charge on any atom is 0 e. The Labute approximate surface area is 163 Å². The molecule has 0 amide bonds. The van der Waals surface area contributed by atoms with Crippen LogP contribution in [0.2, 0.25) is 0 Å². The van der Waals surface area contributed by atoms with E-state index in [1.165, 1.54) is 0 Å².